The molecular weight excluding hydrogens is 524 g/mol. The van der Waals surface area contributed by atoms with Crippen LogP contribution in [-0.4, -0.2) is 41.5 Å². The van der Waals surface area contributed by atoms with Crippen molar-refractivity contribution in [3.05, 3.63) is 92.1 Å². The van der Waals surface area contributed by atoms with Gasteiger partial charge >= 0.3 is 16.6 Å². The Labute approximate surface area is 227 Å². The molecule has 0 spiro atoms. The number of benzene rings is 2. The molecule has 0 fully saturated rings. The van der Waals surface area contributed by atoms with Crippen LogP contribution in [0.5, 0.6) is 0 Å². The van der Waals surface area contributed by atoms with Crippen molar-refractivity contribution in [3.63, 3.8) is 0 Å². The Kier molecular flexibility index (Phi) is 7.77. The second-order valence-electron chi connectivity index (χ2n) is 8.94. The highest BCUT2D eigenvalue weighted by atomic mass is 32.2. The SMILES string of the molecule is COC(=O)c1c(NC(=O)CSc2c(=O)o[nH][n+]2-c2ccc(C)cc2)sc2c1CCN(Cc1ccccc1)C2. The minimum absolute atomic E-state index is 0.0439. The van der Waals surface area contributed by atoms with E-state index in [1.165, 1.54) is 28.7 Å². The molecule has 1 aliphatic rings. The minimum Gasteiger partial charge on any atom is -0.465 e. The molecule has 0 bridgehead atoms. The number of rotatable bonds is 8. The van der Waals surface area contributed by atoms with Gasteiger partial charge in [-0.2, -0.15) is 0 Å². The molecule has 2 aromatic carbocycles. The van der Waals surface area contributed by atoms with Gasteiger partial charge < -0.3 is 10.1 Å². The maximum absolute atomic E-state index is 13.0. The van der Waals surface area contributed by atoms with Crippen molar-refractivity contribution in [2.24, 2.45) is 0 Å². The summed E-state index contributed by atoms with van der Waals surface area (Å²) in [5.41, 5.74) is 3.80. The number of aromatic nitrogens is 2. The molecule has 0 unspecified atom stereocenters. The Balaban J connectivity index is 1.30. The number of thiophene rings is 1. The standard InChI is InChI=1S/C27H26N4O5S2/c1-17-8-10-19(11-9-17)31-25(27(34)36-29-31)37-16-22(32)28-24-23(26(33)35-2)20-12-13-30(15-21(20)38-24)14-18-6-4-3-5-7-18/h3-11H,12-16H2,1-2H3,(H-,28,29,32,33,34)/p+1. The number of amides is 1. The highest BCUT2D eigenvalue weighted by molar-refractivity contribution is 7.99. The van der Waals surface area contributed by atoms with Gasteiger partial charge in [-0.3, -0.25) is 14.2 Å². The van der Waals surface area contributed by atoms with E-state index in [0.29, 0.717) is 29.2 Å². The number of aryl methyl sites for hydroxylation is 1. The first kappa shape index (κ1) is 26.0. The molecule has 196 valence electrons. The summed E-state index contributed by atoms with van der Waals surface area (Å²) in [4.78, 5) is 41.3. The highest BCUT2D eigenvalue weighted by Crippen LogP contribution is 2.38. The number of carbonyl (C=O) groups is 2. The van der Waals surface area contributed by atoms with Crippen LogP contribution in [0.4, 0.5) is 5.00 Å². The van der Waals surface area contributed by atoms with Crippen molar-refractivity contribution in [1.29, 1.82) is 0 Å². The second kappa shape index (κ2) is 11.4. The van der Waals surface area contributed by atoms with E-state index in [2.05, 4.69) is 27.6 Å². The summed E-state index contributed by atoms with van der Waals surface area (Å²) in [7, 11) is 1.34. The molecule has 11 heteroatoms. The molecule has 0 atom stereocenters. The highest BCUT2D eigenvalue weighted by Gasteiger charge is 2.30. The molecular formula is C27H27N4O5S2+. The maximum Gasteiger partial charge on any atom is 0.442 e. The largest absolute Gasteiger partial charge is 0.465 e. The average Bonchev–Trinajstić information content (AvgIpc) is 3.47. The van der Waals surface area contributed by atoms with Crippen LogP contribution < -0.4 is 15.6 Å². The topological polar surface area (TPSA) is 109 Å². The first-order valence-corrected chi connectivity index (χ1v) is 13.9. The van der Waals surface area contributed by atoms with Crippen LogP contribution in [0.15, 0.2) is 68.9 Å². The van der Waals surface area contributed by atoms with Gasteiger partial charge in [-0.15, -0.1) is 11.3 Å². The molecule has 2 N–H and O–H groups in total. The number of anilines is 1. The fraction of sp³-hybridized carbons (Fsp3) is 0.259. The molecule has 0 saturated heterocycles. The lowest BCUT2D eigenvalue weighted by Gasteiger charge is -2.27. The zero-order chi connectivity index (χ0) is 26.6. The van der Waals surface area contributed by atoms with E-state index in [1.54, 1.807) is 0 Å². The summed E-state index contributed by atoms with van der Waals surface area (Å²) in [6, 6.07) is 17.8. The van der Waals surface area contributed by atoms with Gasteiger partial charge in [-0.1, -0.05) is 48.0 Å². The fourth-order valence-corrected chi connectivity index (χ4v) is 6.45. The van der Waals surface area contributed by atoms with E-state index in [9.17, 15) is 14.4 Å². The summed E-state index contributed by atoms with van der Waals surface area (Å²) in [6.07, 6.45) is 0.689. The van der Waals surface area contributed by atoms with Crippen molar-refractivity contribution < 1.29 is 23.5 Å². The van der Waals surface area contributed by atoms with E-state index in [-0.39, 0.29) is 16.7 Å². The number of thioether (sulfide) groups is 1. The zero-order valence-corrected chi connectivity index (χ0v) is 22.6. The molecule has 9 nitrogen and oxygen atoms in total. The zero-order valence-electron chi connectivity index (χ0n) is 21.0. The number of esters is 1. The first-order chi connectivity index (χ1) is 18.4. The van der Waals surface area contributed by atoms with Crippen LogP contribution in [0, 0.1) is 6.92 Å². The summed E-state index contributed by atoms with van der Waals surface area (Å²) in [5.74, 6) is -0.848. The number of H-pyrrole nitrogens is 1. The number of ether oxygens (including phenoxy) is 1. The number of hydrogen-bond acceptors (Lipinski definition) is 8. The van der Waals surface area contributed by atoms with E-state index in [1.807, 2.05) is 49.4 Å². The van der Waals surface area contributed by atoms with Crippen LogP contribution in [0.2, 0.25) is 0 Å². The molecule has 0 radical (unpaired) electrons. The summed E-state index contributed by atoms with van der Waals surface area (Å²) < 4.78 is 11.5. The van der Waals surface area contributed by atoms with Crippen molar-refractivity contribution in [2.75, 3.05) is 24.7 Å². The van der Waals surface area contributed by atoms with Crippen LogP contribution >= 0.6 is 23.1 Å². The molecule has 0 aliphatic carbocycles. The van der Waals surface area contributed by atoms with Gasteiger partial charge in [0.15, 0.2) is 0 Å². The van der Waals surface area contributed by atoms with Gasteiger partial charge in [-0.05, 0) is 46.2 Å². The predicted octanol–water partition coefficient (Wildman–Crippen LogP) is 3.69. The molecule has 3 heterocycles. The number of hydrogen-bond donors (Lipinski definition) is 2. The van der Waals surface area contributed by atoms with E-state index >= 15 is 0 Å². The fourth-order valence-electron chi connectivity index (χ4n) is 4.39. The lowest BCUT2D eigenvalue weighted by atomic mass is 10.0. The Bertz CT molecular complexity index is 1510. The third kappa shape index (κ3) is 5.59. The number of fused-ring (bicyclic) bond motifs is 1. The molecule has 38 heavy (non-hydrogen) atoms. The molecule has 2 aromatic heterocycles. The van der Waals surface area contributed by atoms with Crippen LogP contribution in [-0.2, 0) is 29.0 Å². The van der Waals surface area contributed by atoms with Crippen molar-refractivity contribution in [2.45, 2.75) is 31.5 Å². The van der Waals surface area contributed by atoms with Crippen molar-refractivity contribution in [3.8, 4) is 5.69 Å². The van der Waals surface area contributed by atoms with E-state index in [0.717, 1.165) is 40.9 Å². The second-order valence-corrected chi connectivity index (χ2v) is 11.0. The monoisotopic (exact) mass is 551 g/mol. The van der Waals surface area contributed by atoms with Gasteiger partial charge in [0.05, 0.1) is 18.4 Å². The van der Waals surface area contributed by atoms with Crippen LogP contribution in [0.25, 0.3) is 5.69 Å². The smallest absolute Gasteiger partial charge is 0.442 e. The lowest BCUT2D eigenvalue weighted by molar-refractivity contribution is -0.704. The summed E-state index contributed by atoms with van der Waals surface area (Å²) in [6.45, 7) is 4.27. The van der Waals surface area contributed by atoms with Gasteiger partial charge in [0.2, 0.25) is 11.6 Å². The third-order valence-corrected chi connectivity index (χ3v) is 8.43. The molecule has 5 rings (SSSR count). The number of nitrogens with zero attached hydrogens (tertiary/aromatic N) is 2. The molecule has 1 aliphatic heterocycles. The van der Waals surface area contributed by atoms with E-state index < -0.39 is 11.6 Å². The number of nitrogens with one attached hydrogen (secondary N) is 2. The average molecular weight is 552 g/mol. The van der Waals surface area contributed by atoms with Crippen LogP contribution in [0.1, 0.15) is 31.9 Å². The van der Waals surface area contributed by atoms with Crippen molar-refractivity contribution in [1.82, 2.24) is 10.2 Å². The quantitative estimate of drug-likeness (QED) is 0.195. The molecule has 0 saturated carbocycles. The Morgan fingerprint density at radius 3 is 2.68 bits per heavy atom. The summed E-state index contributed by atoms with van der Waals surface area (Å²) >= 11 is 2.46. The normalized spacial score (nSPS) is 13.2. The van der Waals surface area contributed by atoms with Crippen molar-refractivity contribution >= 4 is 40.0 Å². The molecule has 4 aromatic rings. The minimum atomic E-state index is -0.566. The Morgan fingerprint density at radius 1 is 1.18 bits per heavy atom. The Morgan fingerprint density at radius 2 is 1.95 bits per heavy atom. The lowest BCUT2D eigenvalue weighted by Crippen LogP contribution is -2.36. The molecule has 1 amide bonds. The van der Waals surface area contributed by atoms with Gasteiger partial charge in [0.1, 0.15) is 5.00 Å². The number of carbonyl (C=O) groups excluding carboxylic acids is 2. The van der Waals surface area contributed by atoms with Gasteiger partial charge in [0, 0.05) is 36.6 Å². The first-order valence-electron chi connectivity index (χ1n) is 12.0. The van der Waals surface area contributed by atoms with Gasteiger partial charge in [0.25, 0.3) is 0 Å². The third-order valence-electron chi connectivity index (χ3n) is 6.27. The van der Waals surface area contributed by atoms with E-state index in [4.69, 9.17) is 9.26 Å². The van der Waals surface area contributed by atoms with Gasteiger partial charge in [-0.25, -0.2) is 9.59 Å². The maximum atomic E-state index is 13.0. The predicted molar refractivity (Wildman–Crippen MR) is 145 cm³/mol. The van der Waals surface area contributed by atoms with Crippen LogP contribution in [0.3, 0.4) is 0 Å². The number of methoxy groups -OCH3 is 1. The summed E-state index contributed by atoms with van der Waals surface area (Å²) in [5, 5.41) is 6.19. The number of aromatic amines is 1. The Hall–Kier alpha value is -3.67.